The van der Waals surface area contributed by atoms with E-state index in [9.17, 15) is 14.7 Å². The highest BCUT2D eigenvalue weighted by molar-refractivity contribution is 5.81. The van der Waals surface area contributed by atoms with Crippen molar-refractivity contribution in [2.45, 2.75) is 84.7 Å². The molecule has 0 heterocycles. The van der Waals surface area contributed by atoms with Gasteiger partial charge in [-0.2, -0.15) is 0 Å². The van der Waals surface area contributed by atoms with Gasteiger partial charge in [0.25, 0.3) is 0 Å². The van der Waals surface area contributed by atoms with Gasteiger partial charge in [-0.05, 0) is 98.7 Å². The van der Waals surface area contributed by atoms with E-state index in [0.717, 1.165) is 32.1 Å². The second-order valence-electron chi connectivity index (χ2n) is 10.9. The molecule has 4 aliphatic rings. The molecule has 0 radical (unpaired) electrons. The van der Waals surface area contributed by atoms with E-state index in [1.165, 1.54) is 19.3 Å². The number of nitrogens with two attached hydrogens (primary N) is 1. The Balaban J connectivity index is 1.64. The number of amides is 1. The molecule has 4 heteroatoms. The fourth-order valence-electron chi connectivity index (χ4n) is 8.67. The SMILES string of the molecule is CC(=O)[C@H]1[C@H](CC(N)=O)C[C@H]2[C@@H]3CC[C@H]4C[C@H](O)CC[C@]4(C)[C@H]3CC[C@@]21C. The molecular weight excluding hydrogens is 338 g/mol. The number of carbonyl (C=O) groups is 2. The van der Waals surface area contributed by atoms with Gasteiger partial charge in [0.05, 0.1) is 6.10 Å². The highest BCUT2D eigenvalue weighted by atomic mass is 16.3. The average Bonchev–Trinajstić information content (AvgIpc) is 2.86. The molecule has 0 unspecified atom stereocenters. The topological polar surface area (TPSA) is 80.4 Å². The predicted octanol–water partition coefficient (Wildman–Crippen LogP) is 3.70. The Hall–Kier alpha value is -0.900. The first-order chi connectivity index (χ1) is 12.7. The second-order valence-corrected chi connectivity index (χ2v) is 10.9. The van der Waals surface area contributed by atoms with Gasteiger partial charge in [-0.25, -0.2) is 0 Å². The smallest absolute Gasteiger partial charge is 0.217 e. The lowest BCUT2D eigenvalue weighted by Gasteiger charge is -2.60. The van der Waals surface area contributed by atoms with Crippen LogP contribution in [0.3, 0.4) is 0 Å². The molecule has 4 fully saturated rings. The van der Waals surface area contributed by atoms with Crippen LogP contribution in [0.2, 0.25) is 0 Å². The molecule has 0 aromatic rings. The lowest BCUT2D eigenvalue weighted by molar-refractivity contribution is -0.139. The van der Waals surface area contributed by atoms with E-state index < -0.39 is 0 Å². The van der Waals surface area contributed by atoms with E-state index >= 15 is 0 Å². The molecule has 4 nitrogen and oxygen atoms in total. The number of aliphatic hydroxyl groups excluding tert-OH is 1. The van der Waals surface area contributed by atoms with E-state index in [-0.39, 0.29) is 35.0 Å². The average molecular weight is 376 g/mol. The summed E-state index contributed by atoms with van der Waals surface area (Å²) in [5.74, 6) is 2.69. The third-order valence-electron chi connectivity index (χ3n) is 9.72. The normalized spacial score (nSPS) is 51.8. The number of hydrogen-bond acceptors (Lipinski definition) is 3. The summed E-state index contributed by atoms with van der Waals surface area (Å²) < 4.78 is 0. The molecule has 0 aromatic carbocycles. The van der Waals surface area contributed by atoms with Gasteiger partial charge >= 0.3 is 0 Å². The molecule has 0 bridgehead atoms. The summed E-state index contributed by atoms with van der Waals surface area (Å²) in [6, 6.07) is 0. The minimum Gasteiger partial charge on any atom is -0.393 e. The van der Waals surface area contributed by atoms with Crippen molar-refractivity contribution in [3.63, 3.8) is 0 Å². The second kappa shape index (κ2) is 6.57. The zero-order valence-corrected chi connectivity index (χ0v) is 17.2. The summed E-state index contributed by atoms with van der Waals surface area (Å²) in [5.41, 5.74) is 5.92. The van der Waals surface area contributed by atoms with Crippen LogP contribution in [0, 0.1) is 46.3 Å². The number of Topliss-reactive ketones (excluding diaryl/α,β-unsaturated/α-hetero) is 1. The van der Waals surface area contributed by atoms with E-state index in [2.05, 4.69) is 13.8 Å². The fourth-order valence-corrected chi connectivity index (χ4v) is 8.67. The van der Waals surface area contributed by atoms with Crippen molar-refractivity contribution in [3.8, 4) is 0 Å². The van der Waals surface area contributed by atoms with Gasteiger partial charge in [-0.3, -0.25) is 9.59 Å². The van der Waals surface area contributed by atoms with Crippen molar-refractivity contribution in [1.82, 2.24) is 0 Å². The van der Waals surface area contributed by atoms with Crippen LogP contribution in [-0.2, 0) is 9.59 Å². The van der Waals surface area contributed by atoms with E-state index in [1.54, 1.807) is 6.92 Å². The molecule has 4 aliphatic carbocycles. The number of aliphatic hydroxyl groups is 1. The summed E-state index contributed by atoms with van der Waals surface area (Å²) in [7, 11) is 0. The van der Waals surface area contributed by atoms with E-state index in [0.29, 0.717) is 35.5 Å². The minimum atomic E-state index is -0.262. The molecule has 27 heavy (non-hydrogen) atoms. The van der Waals surface area contributed by atoms with Crippen molar-refractivity contribution < 1.29 is 14.7 Å². The van der Waals surface area contributed by atoms with Crippen LogP contribution in [0.5, 0.6) is 0 Å². The molecule has 0 spiro atoms. The first kappa shape index (κ1) is 19.4. The molecule has 4 rings (SSSR count). The van der Waals surface area contributed by atoms with Crippen LogP contribution in [0.4, 0.5) is 0 Å². The summed E-state index contributed by atoms with van der Waals surface area (Å²) in [6.45, 7) is 6.54. The number of ketones is 1. The molecule has 1 amide bonds. The summed E-state index contributed by atoms with van der Waals surface area (Å²) in [4.78, 5) is 24.3. The van der Waals surface area contributed by atoms with Crippen LogP contribution < -0.4 is 5.73 Å². The largest absolute Gasteiger partial charge is 0.393 e. The Morgan fingerprint density at radius 2 is 1.70 bits per heavy atom. The van der Waals surface area contributed by atoms with Crippen LogP contribution in [-0.4, -0.2) is 22.9 Å². The molecule has 0 aliphatic heterocycles. The highest BCUT2D eigenvalue weighted by Crippen LogP contribution is 2.68. The van der Waals surface area contributed by atoms with Gasteiger partial charge in [0, 0.05) is 12.3 Å². The van der Waals surface area contributed by atoms with Gasteiger partial charge in [0.1, 0.15) is 5.78 Å². The minimum absolute atomic E-state index is 0.00495. The van der Waals surface area contributed by atoms with Crippen LogP contribution in [0.1, 0.15) is 78.6 Å². The first-order valence-electron chi connectivity index (χ1n) is 11.1. The quantitative estimate of drug-likeness (QED) is 0.789. The Bertz CT molecular complexity index is 633. The van der Waals surface area contributed by atoms with Crippen LogP contribution in [0.25, 0.3) is 0 Å². The maximum Gasteiger partial charge on any atom is 0.217 e. The van der Waals surface area contributed by atoms with Gasteiger partial charge in [0.2, 0.25) is 5.91 Å². The molecule has 9 atom stereocenters. The third-order valence-corrected chi connectivity index (χ3v) is 9.72. The maximum absolute atomic E-state index is 12.6. The zero-order chi connectivity index (χ0) is 19.6. The number of hydrogen-bond donors (Lipinski definition) is 2. The standard InChI is InChI=1S/C23H37NO3/c1-13(25)21-14(11-20(24)27)10-19-17-5-4-15-12-16(26)6-8-22(15,2)18(17)7-9-23(19,21)3/h14-19,21,26H,4-12H2,1-3H3,(H2,24,27)/t14-,15-,16+,17+,18-,19-,21-,22-,23-/m0/s1. The van der Waals surface area contributed by atoms with E-state index in [4.69, 9.17) is 5.73 Å². The van der Waals surface area contributed by atoms with Crippen molar-refractivity contribution in [2.24, 2.45) is 52.1 Å². The van der Waals surface area contributed by atoms with Crippen molar-refractivity contribution in [2.75, 3.05) is 0 Å². The third kappa shape index (κ3) is 2.89. The lowest BCUT2D eigenvalue weighted by Crippen LogP contribution is -2.54. The predicted molar refractivity (Wildman–Crippen MR) is 105 cm³/mol. The summed E-state index contributed by atoms with van der Waals surface area (Å²) in [6.07, 6.45) is 9.05. The van der Waals surface area contributed by atoms with Crippen LogP contribution >= 0.6 is 0 Å². The maximum atomic E-state index is 12.6. The van der Waals surface area contributed by atoms with E-state index in [1.807, 2.05) is 0 Å². The number of fused-ring (bicyclic) bond motifs is 5. The molecule has 0 saturated heterocycles. The Morgan fingerprint density at radius 3 is 2.37 bits per heavy atom. The highest BCUT2D eigenvalue weighted by Gasteiger charge is 2.63. The van der Waals surface area contributed by atoms with Gasteiger partial charge < -0.3 is 10.8 Å². The summed E-state index contributed by atoms with van der Waals surface area (Å²) in [5, 5.41) is 10.2. The fraction of sp³-hybridized carbons (Fsp3) is 0.913. The van der Waals surface area contributed by atoms with Crippen molar-refractivity contribution in [1.29, 1.82) is 0 Å². The molecule has 3 N–H and O–H groups in total. The molecular formula is C23H37NO3. The molecule has 0 aromatic heterocycles. The van der Waals surface area contributed by atoms with Crippen molar-refractivity contribution in [3.05, 3.63) is 0 Å². The molecule has 4 saturated carbocycles. The number of carbonyl (C=O) groups excluding carboxylic acids is 2. The number of primary amides is 1. The Kier molecular flexibility index (Phi) is 4.73. The molecule has 152 valence electrons. The Labute approximate surface area is 163 Å². The lowest BCUT2D eigenvalue weighted by atomic mass is 9.44. The van der Waals surface area contributed by atoms with Crippen LogP contribution in [0.15, 0.2) is 0 Å². The van der Waals surface area contributed by atoms with Gasteiger partial charge in [-0.1, -0.05) is 13.8 Å². The number of rotatable bonds is 3. The van der Waals surface area contributed by atoms with Gasteiger partial charge in [0.15, 0.2) is 0 Å². The Morgan fingerprint density at radius 1 is 1.00 bits per heavy atom. The summed E-state index contributed by atoms with van der Waals surface area (Å²) >= 11 is 0. The monoisotopic (exact) mass is 375 g/mol. The first-order valence-corrected chi connectivity index (χ1v) is 11.1. The van der Waals surface area contributed by atoms with Crippen molar-refractivity contribution >= 4 is 11.7 Å². The van der Waals surface area contributed by atoms with Gasteiger partial charge in [-0.15, -0.1) is 0 Å². The zero-order valence-electron chi connectivity index (χ0n) is 17.2.